The highest BCUT2D eigenvalue weighted by molar-refractivity contribution is 5.98. The van der Waals surface area contributed by atoms with Crippen molar-refractivity contribution in [1.29, 1.82) is 0 Å². The van der Waals surface area contributed by atoms with Crippen LogP contribution in [0.5, 0.6) is 0 Å². The predicted octanol–water partition coefficient (Wildman–Crippen LogP) is 0.291. The van der Waals surface area contributed by atoms with Crippen molar-refractivity contribution in [2.75, 3.05) is 13.2 Å². The standard InChI is InChI=1S/C14H20N2O3/c17-13-12(9-3-4-9)16(10-5-6-19-7-10)14(18)11(15-13)8-1-2-8/h8-12H,1-7H2,(H,15,17). The topological polar surface area (TPSA) is 58.6 Å². The number of carbonyl (C=O) groups excluding carboxylic acids is 2. The molecule has 5 heteroatoms. The number of ether oxygens (including phenoxy) is 1. The maximum Gasteiger partial charge on any atom is 0.246 e. The van der Waals surface area contributed by atoms with Crippen molar-refractivity contribution in [3.63, 3.8) is 0 Å². The van der Waals surface area contributed by atoms with E-state index in [0.717, 1.165) is 32.1 Å². The Morgan fingerprint density at radius 2 is 1.79 bits per heavy atom. The van der Waals surface area contributed by atoms with Crippen molar-refractivity contribution >= 4 is 11.8 Å². The van der Waals surface area contributed by atoms with E-state index in [0.29, 0.717) is 25.0 Å². The van der Waals surface area contributed by atoms with Gasteiger partial charge in [-0.3, -0.25) is 9.59 Å². The highest BCUT2D eigenvalue weighted by Crippen LogP contribution is 2.41. The quantitative estimate of drug-likeness (QED) is 0.797. The molecule has 0 bridgehead atoms. The minimum Gasteiger partial charge on any atom is -0.379 e. The zero-order chi connectivity index (χ0) is 13.0. The summed E-state index contributed by atoms with van der Waals surface area (Å²) in [6, 6.07) is -0.373. The molecule has 4 aliphatic rings. The lowest BCUT2D eigenvalue weighted by molar-refractivity contribution is -0.153. The molecule has 2 saturated heterocycles. The molecule has 2 saturated carbocycles. The Morgan fingerprint density at radius 3 is 2.37 bits per heavy atom. The third-order valence-corrected chi connectivity index (χ3v) is 4.85. The molecule has 2 aliphatic carbocycles. The molecule has 104 valence electrons. The van der Waals surface area contributed by atoms with E-state index >= 15 is 0 Å². The van der Waals surface area contributed by atoms with Gasteiger partial charge in [0.25, 0.3) is 0 Å². The lowest BCUT2D eigenvalue weighted by Crippen LogP contribution is -2.67. The third kappa shape index (κ3) is 1.95. The number of rotatable bonds is 3. The number of amides is 2. The van der Waals surface area contributed by atoms with Gasteiger partial charge in [0.2, 0.25) is 11.8 Å². The van der Waals surface area contributed by atoms with Crippen molar-refractivity contribution in [3.05, 3.63) is 0 Å². The van der Waals surface area contributed by atoms with E-state index in [4.69, 9.17) is 4.74 Å². The largest absolute Gasteiger partial charge is 0.379 e. The molecule has 0 aromatic carbocycles. The van der Waals surface area contributed by atoms with E-state index in [1.165, 1.54) is 0 Å². The van der Waals surface area contributed by atoms with Crippen LogP contribution in [0.2, 0.25) is 0 Å². The van der Waals surface area contributed by atoms with Crippen LogP contribution < -0.4 is 5.32 Å². The number of hydrogen-bond acceptors (Lipinski definition) is 3. The van der Waals surface area contributed by atoms with Crippen LogP contribution in [-0.2, 0) is 14.3 Å². The number of hydrogen-bond donors (Lipinski definition) is 1. The van der Waals surface area contributed by atoms with E-state index in [9.17, 15) is 9.59 Å². The molecule has 3 unspecified atom stereocenters. The Bertz CT molecular complexity index is 411. The summed E-state index contributed by atoms with van der Waals surface area (Å²) in [5, 5.41) is 2.98. The molecule has 2 amide bonds. The average Bonchev–Trinajstić information content (AvgIpc) is 3.31. The Labute approximate surface area is 112 Å². The lowest BCUT2D eigenvalue weighted by atomic mass is 9.97. The van der Waals surface area contributed by atoms with E-state index in [1.807, 2.05) is 4.90 Å². The molecular weight excluding hydrogens is 244 g/mol. The third-order valence-electron chi connectivity index (χ3n) is 4.85. The summed E-state index contributed by atoms with van der Waals surface area (Å²) < 4.78 is 5.43. The number of nitrogens with one attached hydrogen (secondary N) is 1. The summed E-state index contributed by atoms with van der Waals surface area (Å²) in [5.74, 6) is 0.978. The van der Waals surface area contributed by atoms with Crippen molar-refractivity contribution in [3.8, 4) is 0 Å². The molecule has 0 aromatic heterocycles. The second-order valence-corrected chi connectivity index (χ2v) is 6.37. The first kappa shape index (κ1) is 11.7. The summed E-state index contributed by atoms with van der Waals surface area (Å²) in [6.07, 6.45) is 5.16. The lowest BCUT2D eigenvalue weighted by Gasteiger charge is -2.42. The van der Waals surface area contributed by atoms with Crippen molar-refractivity contribution in [2.24, 2.45) is 11.8 Å². The summed E-state index contributed by atoms with van der Waals surface area (Å²) in [4.78, 5) is 27.0. The van der Waals surface area contributed by atoms with E-state index in [2.05, 4.69) is 5.32 Å². The maximum absolute atomic E-state index is 12.7. The molecule has 5 nitrogen and oxygen atoms in total. The van der Waals surface area contributed by atoms with Crippen LogP contribution in [0.25, 0.3) is 0 Å². The molecule has 2 heterocycles. The van der Waals surface area contributed by atoms with E-state index in [1.54, 1.807) is 0 Å². The molecule has 1 N–H and O–H groups in total. The molecule has 0 spiro atoms. The molecule has 0 aromatic rings. The fourth-order valence-corrected chi connectivity index (χ4v) is 3.48. The van der Waals surface area contributed by atoms with Gasteiger partial charge in [-0.05, 0) is 43.9 Å². The molecule has 2 aliphatic heterocycles. The van der Waals surface area contributed by atoms with Crippen molar-refractivity contribution < 1.29 is 14.3 Å². The van der Waals surface area contributed by atoms with Gasteiger partial charge in [-0.1, -0.05) is 0 Å². The monoisotopic (exact) mass is 264 g/mol. The van der Waals surface area contributed by atoms with Crippen LogP contribution in [0.3, 0.4) is 0 Å². The number of piperazine rings is 1. The van der Waals surface area contributed by atoms with Crippen LogP contribution >= 0.6 is 0 Å². The Hall–Kier alpha value is -1.10. The minimum absolute atomic E-state index is 0.0749. The highest BCUT2D eigenvalue weighted by Gasteiger charge is 2.53. The molecule has 3 atom stereocenters. The fourth-order valence-electron chi connectivity index (χ4n) is 3.48. The zero-order valence-corrected chi connectivity index (χ0v) is 11.0. The van der Waals surface area contributed by atoms with Gasteiger partial charge in [0, 0.05) is 6.61 Å². The van der Waals surface area contributed by atoms with Crippen LogP contribution in [0.15, 0.2) is 0 Å². The van der Waals surface area contributed by atoms with Gasteiger partial charge in [-0.2, -0.15) is 0 Å². The SMILES string of the molecule is O=C1NC(C2CC2)C(=O)N(C2CCOC2)C1C1CC1. The summed E-state index contributed by atoms with van der Waals surface area (Å²) in [5.41, 5.74) is 0. The first-order valence-electron chi connectivity index (χ1n) is 7.46. The van der Waals surface area contributed by atoms with Gasteiger partial charge >= 0.3 is 0 Å². The number of carbonyl (C=O) groups is 2. The zero-order valence-electron chi connectivity index (χ0n) is 11.0. The van der Waals surface area contributed by atoms with Crippen LogP contribution in [0.1, 0.15) is 32.1 Å². The average molecular weight is 264 g/mol. The van der Waals surface area contributed by atoms with Gasteiger partial charge in [0.15, 0.2) is 0 Å². The smallest absolute Gasteiger partial charge is 0.246 e. The highest BCUT2D eigenvalue weighted by atomic mass is 16.5. The molecule has 0 radical (unpaired) electrons. The van der Waals surface area contributed by atoms with Crippen molar-refractivity contribution in [2.45, 2.75) is 50.2 Å². The molecule has 4 rings (SSSR count). The van der Waals surface area contributed by atoms with Gasteiger partial charge in [0.05, 0.1) is 12.6 Å². The normalized spacial score (nSPS) is 39.6. The van der Waals surface area contributed by atoms with Crippen LogP contribution in [0, 0.1) is 11.8 Å². The Balaban J connectivity index is 1.62. The van der Waals surface area contributed by atoms with Gasteiger partial charge in [-0.25, -0.2) is 0 Å². The minimum atomic E-state index is -0.261. The molecule has 4 fully saturated rings. The fraction of sp³-hybridized carbons (Fsp3) is 0.857. The summed E-state index contributed by atoms with van der Waals surface area (Å²) in [6.45, 7) is 1.31. The molecule has 19 heavy (non-hydrogen) atoms. The Morgan fingerprint density at radius 1 is 1.05 bits per heavy atom. The first-order chi connectivity index (χ1) is 9.25. The van der Waals surface area contributed by atoms with E-state index in [-0.39, 0.29) is 29.9 Å². The van der Waals surface area contributed by atoms with Gasteiger partial charge < -0.3 is 15.0 Å². The number of nitrogens with zero attached hydrogens (tertiary/aromatic N) is 1. The van der Waals surface area contributed by atoms with E-state index < -0.39 is 0 Å². The second kappa shape index (κ2) is 4.20. The first-order valence-corrected chi connectivity index (χ1v) is 7.46. The predicted molar refractivity (Wildman–Crippen MR) is 67.2 cm³/mol. The maximum atomic E-state index is 12.7. The van der Waals surface area contributed by atoms with Crippen molar-refractivity contribution in [1.82, 2.24) is 10.2 Å². The van der Waals surface area contributed by atoms with Gasteiger partial charge in [-0.15, -0.1) is 0 Å². The second-order valence-electron chi connectivity index (χ2n) is 6.37. The Kier molecular flexibility index (Phi) is 2.59. The van der Waals surface area contributed by atoms with Crippen LogP contribution in [0.4, 0.5) is 0 Å². The molecular formula is C14H20N2O3. The van der Waals surface area contributed by atoms with Gasteiger partial charge in [0.1, 0.15) is 12.1 Å². The van der Waals surface area contributed by atoms with Crippen LogP contribution in [-0.4, -0.2) is 48.1 Å². The summed E-state index contributed by atoms with van der Waals surface area (Å²) in [7, 11) is 0. The summed E-state index contributed by atoms with van der Waals surface area (Å²) >= 11 is 0.